The number of nitrogens with one attached hydrogen (secondary N) is 2. The molecule has 0 bridgehead atoms. The molecule has 0 aliphatic heterocycles. The number of hydrogen-bond donors (Lipinski definition) is 2. The predicted octanol–water partition coefficient (Wildman–Crippen LogP) is 0.910. The second-order valence-corrected chi connectivity index (χ2v) is 5.24. The summed E-state index contributed by atoms with van der Waals surface area (Å²) in [6.45, 7) is 0.103. The molecule has 0 saturated heterocycles. The summed E-state index contributed by atoms with van der Waals surface area (Å²) in [6.07, 6.45) is 3.13. The van der Waals surface area contributed by atoms with E-state index in [1.807, 2.05) is 0 Å². The minimum absolute atomic E-state index is 0.0152. The first-order valence-corrected chi connectivity index (χ1v) is 7.75. The zero-order chi connectivity index (χ0) is 19.8. The summed E-state index contributed by atoms with van der Waals surface area (Å²) in [4.78, 5) is 51.5. The van der Waals surface area contributed by atoms with Gasteiger partial charge in [-0.2, -0.15) is 0 Å². The number of esters is 2. The van der Waals surface area contributed by atoms with E-state index in [1.54, 1.807) is 24.5 Å². The van der Waals surface area contributed by atoms with Crippen LogP contribution < -0.4 is 10.6 Å². The van der Waals surface area contributed by atoms with Crippen LogP contribution in [0.2, 0.25) is 0 Å². The summed E-state index contributed by atoms with van der Waals surface area (Å²) in [5.41, 5.74) is 0.739. The minimum atomic E-state index is -1.01. The summed E-state index contributed by atoms with van der Waals surface area (Å²) in [5.74, 6) is -3.33. The highest BCUT2D eigenvalue weighted by atomic mass is 16.5. The molecular weight excluding hydrogens is 354 g/mol. The summed E-state index contributed by atoms with van der Waals surface area (Å²) in [7, 11) is 2.36. The molecule has 2 N–H and O–H groups in total. The van der Waals surface area contributed by atoms with Crippen molar-refractivity contribution in [2.24, 2.45) is 0 Å². The number of pyridine rings is 1. The number of carbonyl (C=O) groups excluding carboxylic acids is 4. The molecule has 9 heteroatoms. The van der Waals surface area contributed by atoms with Crippen molar-refractivity contribution in [3.8, 4) is 0 Å². The van der Waals surface area contributed by atoms with Gasteiger partial charge in [0, 0.05) is 18.9 Å². The first-order chi connectivity index (χ1) is 13.0. The van der Waals surface area contributed by atoms with Crippen LogP contribution in [0.15, 0.2) is 42.7 Å². The van der Waals surface area contributed by atoms with Gasteiger partial charge in [0.15, 0.2) is 0 Å². The van der Waals surface area contributed by atoms with Crippen molar-refractivity contribution in [3.63, 3.8) is 0 Å². The Hall–Kier alpha value is -3.75. The van der Waals surface area contributed by atoms with Crippen molar-refractivity contribution in [2.75, 3.05) is 19.5 Å². The van der Waals surface area contributed by atoms with Crippen molar-refractivity contribution < 1.29 is 28.7 Å². The first kappa shape index (κ1) is 19.6. The fourth-order valence-corrected chi connectivity index (χ4v) is 2.12. The van der Waals surface area contributed by atoms with Crippen LogP contribution in [0.1, 0.15) is 26.3 Å². The Morgan fingerprint density at radius 1 is 1.00 bits per heavy atom. The molecule has 0 atom stereocenters. The maximum atomic E-state index is 12.1. The summed E-state index contributed by atoms with van der Waals surface area (Å²) in [6, 6.07) is 7.30. The molecule has 0 spiro atoms. The minimum Gasteiger partial charge on any atom is -0.465 e. The van der Waals surface area contributed by atoms with Crippen molar-refractivity contribution in [1.29, 1.82) is 0 Å². The van der Waals surface area contributed by atoms with Crippen molar-refractivity contribution in [3.05, 3.63) is 59.4 Å². The molecule has 1 aromatic heterocycles. The average Bonchev–Trinajstić information content (AvgIpc) is 2.71. The third-order valence-corrected chi connectivity index (χ3v) is 3.48. The van der Waals surface area contributed by atoms with E-state index in [0.29, 0.717) is 5.56 Å². The molecule has 1 aromatic carbocycles. The van der Waals surface area contributed by atoms with Gasteiger partial charge in [0.25, 0.3) is 0 Å². The third-order valence-electron chi connectivity index (χ3n) is 3.48. The van der Waals surface area contributed by atoms with E-state index in [1.165, 1.54) is 32.4 Å². The second kappa shape index (κ2) is 9.09. The summed E-state index contributed by atoms with van der Waals surface area (Å²) < 4.78 is 9.24. The van der Waals surface area contributed by atoms with Crippen LogP contribution in [-0.2, 0) is 25.6 Å². The maximum Gasteiger partial charge on any atom is 0.339 e. The van der Waals surface area contributed by atoms with Gasteiger partial charge in [-0.1, -0.05) is 6.07 Å². The number of ether oxygens (including phenoxy) is 2. The molecule has 0 fully saturated rings. The SMILES string of the molecule is COC(=O)c1ccc(C(=O)OC)c(NC(=O)C(=O)NCc2cccnc2)c1. The summed E-state index contributed by atoms with van der Waals surface area (Å²) in [5, 5.41) is 4.74. The highest BCUT2D eigenvalue weighted by molar-refractivity contribution is 6.40. The third kappa shape index (κ3) is 5.11. The van der Waals surface area contributed by atoms with Gasteiger partial charge in [-0.15, -0.1) is 0 Å². The van der Waals surface area contributed by atoms with E-state index in [2.05, 4.69) is 25.1 Å². The van der Waals surface area contributed by atoms with E-state index in [-0.39, 0.29) is 23.4 Å². The lowest BCUT2D eigenvalue weighted by Gasteiger charge is -2.11. The molecule has 0 radical (unpaired) electrons. The van der Waals surface area contributed by atoms with Crippen LogP contribution in [0, 0.1) is 0 Å². The van der Waals surface area contributed by atoms with Gasteiger partial charge in [0.05, 0.1) is 31.0 Å². The van der Waals surface area contributed by atoms with Gasteiger partial charge in [-0.25, -0.2) is 9.59 Å². The van der Waals surface area contributed by atoms with Crippen LogP contribution >= 0.6 is 0 Å². The number of benzene rings is 1. The molecule has 0 aliphatic carbocycles. The van der Waals surface area contributed by atoms with Gasteiger partial charge >= 0.3 is 23.8 Å². The Morgan fingerprint density at radius 2 is 1.74 bits per heavy atom. The normalized spacial score (nSPS) is 9.85. The van der Waals surface area contributed by atoms with Crippen LogP contribution in [0.3, 0.4) is 0 Å². The van der Waals surface area contributed by atoms with Crippen molar-refractivity contribution >= 4 is 29.4 Å². The Balaban J connectivity index is 2.15. The van der Waals surface area contributed by atoms with Gasteiger partial charge in [-0.05, 0) is 29.8 Å². The molecule has 2 amide bonds. The van der Waals surface area contributed by atoms with E-state index in [4.69, 9.17) is 0 Å². The number of carbonyl (C=O) groups is 4. The van der Waals surface area contributed by atoms with E-state index >= 15 is 0 Å². The number of hydrogen-bond acceptors (Lipinski definition) is 7. The molecular formula is C18H17N3O6. The fraction of sp³-hybridized carbons (Fsp3) is 0.167. The number of amides is 2. The molecule has 0 saturated carbocycles. The maximum absolute atomic E-state index is 12.1. The quantitative estimate of drug-likeness (QED) is 0.591. The first-order valence-electron chi connectivity index (χ1n) is 7.75. The number of aromatic nitrogens is 1. The highest BCUT2D eigenvalue weighted by Crippen LogP contribution is 2.19. The predicted molar refractivity (Wildman–Crippen MR) is 93.8 cm³/mol. The van der Waals surface area contributed by atoms with Crippen molar-refractivity contribution in [1.82, 2.24) is 10.3 Å². The topological polar surface area (TPSA) is 124 Å². The molecule has 27 heavy (non-hydrogen) atoms. The lowest BCUT2D eigenvalue weighted by molar-refractivity contribution is -0.136. The smallest absolute Gasteiger partial charge is 0.339 e. The Kier molecular flexibility index (Phi) is 6.59. The van der Waals surface area contributed by atoms with E-state index in [9.17, 15) is 19.2 Å². The molecule has 1 heterocycles. The molecule has 0 unspecified atom stereocenters. The van der Waals surface area contributed by atoms with Crippen LogP contribution in [0.25, 0.3) is 0 Å². The number of rotatable bonds is 5. The Bertz CT molecular complexity index is 867. The van der Waals surface area contributed by atoms with Crippen LogP contribution in [0.4, 0.5) is 5.69 Å². The second-order valence-electron chi connectivity index (χ2n) is 5.24. The van der Waals surface area contributed by atoms with Gasteiger partial charge in [0.1, 0.15) is 0 Å². The standard InChI is InChI=1S/C18H17N3O6/c1-26-17(24)12-5-6-13(18(25)27-2)14(8-12)21-16(23)15(22)20-10-11-4-3-7-19-9-11/h3-9H,10H2,1-2H3,(H,20,22)(H,21,23). The Morgan fingerprint density at radius 3 is 2.37 bits per heavy atom. The highest BCUT2D eigenvalue weighted by Gasteiger charge is 2.20. The number of anilines is 1. The summed E-state index contributed by atoms with van der Waals surface area (Å²) >= 11 is 0. The van der Waals surface area contributed by atoms with Gasteiger partial charge in [0.2, 0.25) is 0 Å². The number of methoxy groups -OCH3 is 2. The fourth-order valence-electron chi connectivity index (χ4n) is 2.12. The van der Waals surface area contributed by atoms with Crippen LogP contribution in [-0.4, -0.2) is 43.0 Å². The molecule has 2 rings (SSSR count). The zero-order valence-electron chi connectivity index (χ0n) is 14.6. The van der Waals surface area contributed by atoms with Gasteiger partial charge < -0.3 is 20.1 Å². The van der Waals surface area contributed by atoms with Crippen LogP contribution in [0.5, 0.6) is 0 Å². The lowest BCUT2D eigenvalue weighted by atomic mass is 10.1. The Labute approximate surface area is 154 Å². The van der Waals surface area contributed by atoms with E-state index in [0.717, 1.165) is 0 Å². The van der Waals surface area contributed by atoms with E-state index < -0.39 is 23.8 Å². The number of nitrogens with zero attached hydrogens (tertiary/aromatic N) is 1. The molecule has 140 valence electrons. The molecule has 0 aliphatic rings. The monoisotopic (exact) mass is 371 g/mol. The van der Waals surface area contributed by atoms with Crippen molar-refractivity contribution in [2.45, 2.75) is 6.54 Å². The largest absolute Gasteiger partial charge is 0.465 e. The molecule has 9 nitrogen and oxygen atoms in total. The molecule has 2 aromatic rings. The van der Waals surface area contributed by atoms with Gasteiger partial charge in [-0.3, -0.25) is 14.6 Å². The average molecular weight is 371 g/mol. The lowest BCUT2D eigenvalue weighted by Crippen LogP contribution is -2.35. The zero-order valence-corrected chi connectivity index (χ0v) is 14.6.